The maximum absolute atomic E-state index is 11.1. The summed E-state index contributed by atoms with van der Waals surface area (Å²) in [4.78, 5) is 21.9. The number of hydrogen-bond acceptors (Lipinski definition) is 3. The van der Waals surface area contributed by atoms with Crippen LogP contribution in [0.2, 0.25) is 0 Å². The molecule has 0 bridgehead atoms. The fraction of sp³-hybridized carbons (Fsp3) is 0.250. The zero-order valence-electron chi connectivity index (χ0n) is 6.82. The Balaban J connectivity index is 2.51. The van der Waals surface area contributed by atoms with Crippen LogP contribution in [0.15, 0.2) is 16.4 Å². The molecule has 0 aromatic carbocycles. The van der Waals surface area contributed by atoms with E-state index in [2.05, 4.69) is 11.2 Å². The van der Waals surface area contributed by atoms with Crippen molar-refractivity contribution in [1.29, 1.82) is 0 Å². The predicted molar refractivity (Wildman–Crippen MR) is 50.4 cm³/mol. The number of amides is 1. The minimum Gasteiger partial charge on any atom is -0.344 e. The third kappa shape index (κ3) is 2.76. The van der Waals surface area contributed by atoms with Crippen molar-refractivity contribution in [2.45, 2.75) is 6.54 Å². The van der Waals surface area contributed by atoms with Crippen LogP contribution in [-0.4, -0.2) is 17.0 Å². The van der Waals surface area contributed by atoms with E-state index in [9.17, 15) is 9.59 Å². The Hall–Kier alpha value is -1.54. The van der Waals surface area contributed by atoms with Crippen molar-refractivity contribution in [3.8, 4) is 12.3 Å². The van der Waals surface area contributed by atoms with E-state index < -0.39 is 0 Å². The first kappa shape index (κ1) is 9.55. The third-order valence-electron chi connectivity index (χ3n) is 1.35. The fourth-order valence-electron chi connectivity index (χ4n) is 0.768. The lowest BCUT2D eigenvalue weighted by atomic mass is 10.5. The Kier molecular flexibility index (Phi) is 3.29. The second-order valence-corrected chi connectivity index (χ2v) is 3.13. The summed E-state index contributed by atoms with van der Waals surface area (Å²) in [5.41, 5.74) is 0. The van der Waals surface area contributed by atoms with Gasteiger partial charge in [0, 0.05) is 11.6 Å². The molecule has 5 heteroatoms. The molecule has 0 aliphatic carbocycles. The number of rotatable bonds is 3. The molecule has 68 valence electrons. The molecular formula is C8H8N2O2S. The Morgan fingerprint density at radius 2 is 2.54 bits per heavy atom. The van der Waals surface area contributed by atoms with E-state index >= 15 is 0 Å². The van der Waals surface area contributed by atoms with Crippen LogP contribution in [0.1, 0.15) is 0 Å². The molecular weight excluding hydrogens is 188 g/mol. The Morgan fingerprint density at radius 3 is 3.08 bits per heavy atom. The van der Waals surface area contributed by atoms with E-state index in [4.69, 9.17) is 6.42 Å². The highest BCUT2D eigenvalue weighted by atomic mass is 32.1. The van der Waals surface area contributed by atoms with E-state index in [0.29, 0.717) is 0 Å². The Bertz CT molecular complexity index is 385. The summed E-state index contributed by atoms with van der Waals surface area (Å²) in [5, 5.41) is 4.10. The number of nitrogens with zero attached hydrogens (tertiary/aromatic N) is 1. The molecule has 1 rings (SSSR count). The Labute approximate surface area is 79.2 Å². The number of hydrogen-bond donors (Lipinski definition) is 1. The minimum atomic E-state index is -0.251. The normalized spacial score (nSPS) is 9.15. The van der Waals surface area contributed by atoms with Gasteiger partial charge in [-0.1, -0.05) is 17.3 Å². The van der Waals surface area contributed by atoms with E-state index in [1.165, 1.54) is 4.57 Å². The summed E-state index contributed by atoms with van der Waals surface area (Å²) in [6.07, 6.45) is 6.52. The van der Waals surface area contributed by atoms with Crippen LogP contribution in [0.4, 0.5) is 0 Å². The maximum atomic E-state index is 11.1. The van der Waals surface area contributed by atoms with Gasteiger partial charge >= 0.3 is 4.87 Å². The molecule has 0 fully saturated rings. The first-order chi connectivity index (χ1) is 6.24. The second-order valence-electron chi connectivity index (χ2n) is 2.28. The standard InChI is InChI=1S/C8H8N2O2S/c1-2-3-9-7(11)6-10-4-5-13-8(10)12/h1,4-5H,3,6H2,(H,9,11). The van der Waals surface area contributed by atoms with Crippen LogP contribution in [0, 0.1) is 12.3 Å². The molecule has 1 heterocycles. The number of carbonyl (C=O) groups excluding carboxylic acids is 1. The molecule has 0 spiro atoms. The summed E-state index contributed by atoms with van der Waals surface area (Å²) in [6, 6.07) is 0. The highest BCUT2D eigenvalue weighted by molar-refractivity contribution is 7.07. The summed E-state index contributed by atoms with van der Waals surface area (Å²) >= 11 is 1.06. The Morgan fingerprint density at radius 1 is 1.77 bits per heavy atom. The molecule has 0 saturated carbocycles. The molecule has 0 aliphatic rings. The quantitative estimate of drug-likeness (QED) is 0.672. The van der Waals surface area contributed by atoms with Crippen molar-refractivity contribution < 1.29 is 4.79 Å². The van der Waals surface area contributed by atoms with E-state index in [0.717, 1.165) is 11.3 Å². The zero-order valence-corrected chi connectivity index (χ0v) is 7.63. The third-order valence-corrected chi connectivity index (χ3v) is 2.04. The molecule has 1 N–H and O–H groups in total. The van der Waals surface area contributed by atoms with Crippen LogP contribution >= 0.6 is 11.3 Å². The largest absolute Gasteiger partial charge is 0.344 e. The molecule has 0 radical (unpaired) electrons. The molecule has 0 aliphatic heterocycles. The van der Waals surface area contributed by atoms with Crippen molar-refractivity contribution in [3.63, 3.8) is 0 Å². The van der Waals surface area contributed by atoms with Gasteiger partial charge in [-0.15, -0.1) is 6.42 Å². The van der Waals surface area contributed by atoms with Crippen LogP contribution < -0.4 is 10.2 Å². The van der Waals surface area contributed by atoms with Crippen molar-refractivity contribution in [2.75, 3.05) is 6.54 Å². The lowest BCUT2D eigenvalue weighted by Crippen LogP contribution is -2.30. The van der Waals surface area contributed by atoms with Crippen LogP contribution in [0.5, 0.6) is 0 Å². The number of nitrogens with one attached hydrogen (secondary N) is 1. The molecule has 0 unspecified atom stereocenters. The van der Waals surface area contributed by atoms with Gasteiger partial charge in [0.2, 0.25) is 5.91 Å². The van der Waals surface area contributed by atoms with Gasteiger partial charge in [-0.2, -0.15) is 0 Å². The molecule has 0 atom stereocenters. The minimum absolute atomic E-state index is 0.0318. The summed E-state index contributed by atoms with van der Waals surface area (Å²) in [5.74, 6) is 2.02. The van der Waals surface area contributed by atoms with Crippen molar-refractivity contribution in [2.24, 2.45) is 0 Å². The fourth-order valence-corrected chi connectivity index (χ4v) is 1.35. The predicted octanol–water partition coefficient (Wildman–Crippen LogP) is -0.341. The molecule has 13 heavy (non-hydrogen) atoms. The average molecular weight is 196 g/mol. The van der Waals surface area contributed by atoms with E-state index in [1.54, 1.807) is 11.6 Å². The molecule has 1 aromatic heterocycles. The van der Waals surface area contributed by atoms with Gasteiger partial charge in [-0.25, -0.2) is 0 Å². The lowest BCUT2D eigenvalue weighted by molar-refractivity contribution is -0.121. The summed E-state index contributed by atoms with van der Waals surface area (Å²) in [7, 11) is 0. The van der Waals surface area contributed by atoms with Gasteiger partial charge in [0.05, 0.1) is 6.54 Å². The molecule has 4 nitrogen and oxygen atoms in total. The topological polar surface area (TPSA) is 51.1 Å². The highest BCUT2D eigenvalue weighted by Gasteiger charge is 2.02. The first-order valence-corrected chi connectivity index (χ1v) is 4.46. The van der Waals surface area contributed by atoms with Gasteiger partial charge in [0.25, 0.3) is 0 Å². The van der Waals surface area contributed by atoms with Gasteiger partial charge in [0.1, 0.15) is 6.54 Å². The smallest absolute Gasteiger partial charge is 0.307 e. The lowest BCUT2D eigenvalue weighted by Gasteiger charge is -2.00. The van der Waals surface area contributed by atoms with Crippen LogP contribution in [-0.2, 0) is 11.3 Å². The van der Waals surface area contributed by atoms with Crippen molar-refractivity contribution >= 4 is 17.2 Å². The van der Waals surface area contributed by atoms with Gasteiger partial charge in [-0.05, 0) is 0 Å². The van der Waals surface area contributed by atoms with Gasteiger partial charge in [0.15, 0.2) is 0 Å². The van der Waals surface area contributed by atoms with Gasteiger partial charge < -0.3 is 5.32 Å². The zero-order chi connectivity index (χ0) is 9.68. The van der Waals surface area contributed by atoms with Crippen LogP contribution in [0.3, 0.4) is 0 Å². The molecule has 1 aromatic rings. The maximum Gasteiger partial charge on any atom is 0.307 e. The number of terminal acetylenes is 1. The summed E-state index contributed by atoms with van der Waals surface area (Å²) in [6.45, 7) is 0.224. The first-order valence-electron chi connectivity index (χ1n) is 3.58. The molecule has 1 amide bonds. The number of thiazole rings is 1. The van der Waals surface area contributed by atoms with Crippen molar-refractivity contribution in [1.82, 2.24) is 9.88 Å². The number of carbonyl (C=O) groups is 1. The number of aromatic nitrogens is 1. The average Bonchev–Trinajstić information content (AvgIpc) is 2.48. The van der Waals surface area contributed by atoms with Crippen LogP contribution in [0.25, 0.3) is 0 Å². The highest BCUT2D eigenvalue weighted by Crippen LogP contribution is 1.88. The van der Waals surface area contributed by atoms with Gasteiger partial charge in [-0.3, -0.25) is 14.2 Å². The SMILES string of the molecule is C#CCNC(=O)Cn1ccsc1=O. The summed E-state index contributed by atoms with van der Waals surface area (Å²) < 4.78 is 1.33. The van der Waals surface area contributed by atoms with E-state index in [1.807, 2.05) is 0 Å². The molecule has 0 saturated heterocycles. The van der Waals surface area contributed by atoms with Crippen molar-refractivity contribution in [3.05, 3.63) is 21.2 Å². The van der Waals surface area contributed by atoms with E-state index in [-0.39, 0.29) is 23.9 Å². The second kappa shape index (κ2) is 4.48. The monoisotopic (exact) mass is 196 g/mol.